The molecule has 1 aliphatic heterocycles. The lowest BCUT2D eigenvalue weighted by Crippen LogP contribution is -2.53. The van der Waals surface area contributed by atoms with Gasteiger partial charge in [0.2, 0.25) is 0 Å². The number of methoxy groups -OCH3 is 1. The Morgan fingerprint density at radius 1 is 0.950 bits per heavy atom. The molecule has 40 heavy (non-hydrogen) atoms. The van der Waals surface area contributed by atoms with Crippen LogP contribution in [0.2, 0.25) is 0 Å². The van der Waals surface area contributed by atoms with Crippen LogP contribution in [-0.2, 0) is 24.6 Å². The number of benzene rings is 3. The number of carbonyl (C=O) groups excluding carboxylic acids is 5. The van der Waals surface area contributed by atoms with Crippen molar-refractivity contribution in [1.82, 2.24) is 4.90 Å². The molecule has 206 valence electrons. The number of nitrogens with two attached hydrogens (primary N) is 1. The van der Waals surface area contributed by atoms with Crippen LogP contribution in [0.3, 0.4) is 0 Å². The summed E-state index contributed by atoms with van der Waals surface area (Å²) in [5, 5.41) is 0. The van der Waals surface area contributed by atoms with Gasteiger partial charge >= 0.3 is 23.9 Å². The van der Waals surface area contributed by atoms with E-state index in [0.29, 0.717) is 6.42 Å². The highest BCUT2D eigenvalue weighted by Gasteiger charge is 2.54. The molecule has 0 aromatic heterocycles. The van der Waals surface area contributed by atoms with E-state index in [1.807, 2.05) is 0 Å². The van der Waals surface area contributed by atoms with Crippen molar-refractivity contribution in [3.8, 4) is 0 Å². The molecule has 3 amide bonds. The first-order valence-corrected chi connectivity index (χ1v) is 12.3. The Kier molecular flexibility index (Phi) is 8.23. The minimum Gasteiger partial charge on any atom is -0.465 e. The first-order chi connectivity index (χ1) is 19.2. The van der Waals surface area contributed by atoms with Gasteiger partial charge in [0.25, 0.3) is 5.91 Å². The summed E-state index contributed by atoms with van der Waals surface area (Å²) in [7, 11) is 1.18. The molecule has 1 heterocycles. The van der Waals surface area contributed by atoms with Crippen LogP contribution in [0, 0.1) is 5.82 Å². The molecule has 3 aromatic rings. The van der Waals surface area contributed by atoms with Gasteiger partial charge in [0.05, 0.1) is 12.7 Å². The summed E-state index contributed by atoms with van der Waals surface area (Å²) in [5.74, 6) is -4.32. The number of likely N-dealkylation sites (tertiary alicyclic amines) is 1. The fourth-order valence-corrected chi connectivity index (χ4v) is 4.79. The van der Waals surface area contributed by atoms with Crippen molar-refractivity contribution in [1.29, 1.82) is 0 Å². The van der Waals surface area contributed by atoms with Gasteiger partial charge < -0.3 is 20.1 Å². The third kappa shape index (κ3) is 5.39. The second-order valence-electron chi connectivity index (χ2n) is 8.99. The monoisotopic (exact) mass is 547 g/mol. The van der Waals surface area contributed by atoms with Crippen molar-refractivity contribution in [2.45, 2.75) is 18.4 Å². The van der Waals surface area contributed by atoms with Crippen LogP contribution in [0.25, 0.3) is 0 Å². The Bertz CT molecular complexity index is 1460. The quantitative estimate of drug-likeness (QED) is 0.354. The zero-order chi connectivity index (χ0) is 28.9. The minimum absolute atomic E-state index is 0.000666. The second kappa shape index (κ2) is 11.8. The predicted octanol–water partition coefficient (Wildman–Crippen LogP) is 3.40. The van der Waals surface area contributed by atoms with Crippen LogP contribution in [0.1, 0.15) is 39.1 Å². The normalized spacial score (nSPS) is 16.2. The summed E-state index contributed by atoms with van der Waals surface area (Å²) < 4.78 is 25.0. The lowest BCUT2D eigenvalue weighted by Gasteiger charge is -2.36. The molecule has 2 N–H and O–H groups in total. The summed E-state index contributed by atoms with van der Waals surface area (Å²) in [6, 6.07) is 18.2. The number of urea groups is 1. The summed E-state index contributed by atoms with van der Waals surface area (Å²) >= 11 is 0. The minimum atomic E-state index is -1.93. The number of nitrogens with zero attached hydrogens (tertiary/aromatic N) is 2. The van der Waals surface area contributed by atoms with Crippen LogP contribution < -0.4 is 10.6 Å². The molecular weight excluding hydrogens is 521 g/mol. The Balaban J connectivity index is 1.65. The molecule has 0 spiro atoms. The summed E-state index contributed by atoms with van der Waals surface area (Å²) in [5.41, 5.74) is 3.85. The molecular formula is C29H26FN3O7. The number of halogens is 1. The molecule has 0 saturated carbocycles. The van der Waals surface area contributed by atoms with Gasteiger partial charge in [-0.05, 0) is 49.2 Å². The highest BCUT2D eigenvalue weighted by atomic mass is 19.1. The first-order valence-electron chi connectivity index (χ1n) is 12.3. The Labute approximate surface area is 229 Å². The van der Waals surface area contributed by atoms with Gasteiger partial charge in [-0.25, -0.2) is 23.6 Å². The number of esters is 3. The van der Waals surface area contributed by atoms with Crippen molar-refractivity contribution in [2.75, 3.05) is 25.1 Å². The third-order valence-corrected chi connectivity index (χ3v) is 6.64. The summed E-state index contributed by atoms with van der Waals surface area (Å²) in [6.45, 7) is -0.690. The predicted molar refractivity (Wildman–Crippen MR) is 141 cm³/mol. The van der Waals surface area contributed by atoms with E-state index < -0.39 is 47.7 Å². The smallest absolute Gasteiger partial charge is 0.344 e. The molecule has 11 heteroatoms. The largest absolute Gasteiger partial charge is 0.465 e. The first kappa shape index (κ1) is 28.0. The van der Waals surface area contributed by atoms with Gasteiger partial charge in [-0.3, -0.25) is 9.69 Å². The van der Waals surface area contributed by atoms with Gasteiger partial charge in [-0.2, -0.15) is 0 Å². The van der Waals surface area contributed by atoms with Gasteiger partial charge in [-0.15, -0.1) is 0 Å². The van der Waals surface area contributed by atoms with Gasteiger partial charge in [-0.1, -0.05) is 42.5 Å². The van der Waals surface area contributed by atoms with Crippen LogP contribution in [0.4, 0.5) is 14.9 Å². The zero-order valence-corrected chi connectivity index (χ0v) is 21.5. The van der Waals surface area contributed by atoms with Gasteiger partial charge in [0.15, 0.2) is 5.54 Å². The highest BCUT2D eigenvalue weighted by molar-refractivity contribution is 6.03. The lowest BCUT2D eigenvalue weighted by molar-refractivity contribution is -0.166. The van der Waals surface area contributed by atoms with E-state index in [1.165, 1.54) is 54.5 Å². The number of hydrogen-bond acceptors (Lipinski definition) is 7. The van der Waals surface area contributed by atoms with Crippen molar-refractivity contribution >= 4 is 35.5 Å². The molecule has 1 aliphatic rings. The van der Waals surface area contributed by atoms with Gasteiger partial charge in [0, 0.05) is 23.4 Å². The molecule has 1 atom stereocenters. The van der Waals surface area contributed by atoms with Crippen LogP contribution >= 0.6 is 0 Å². The van der Waals surface area contributed by atoms with Crippen molar-refractivity contribution < 1.29 is 37.8 Å². The van der Waals surface area contributed by atoms with E-state index in [-0.39, 0.29) is 35.3 Å². The molecule has 0 aliphatic carbocycles. The van der Waals surface area contributed by atoms with Crippen LogP contribution in [0.5, 0.6) is 0 Å². The van der Waals surface area contributed by atoms with Crippen molar-refractivity contribution in [3.63, 3.8) is 0 Å². The molecule has 1 fully saturated rings. The van der Waals surface area contributed by atoms with Crippen molar-refractivity contribution in [3.05, 3.63) is 101 Å². The molecule has 10 nitrogen and oxygen atoms in total. The van der Waals surface area contributed by atoms with E-state index in [0.717, 1.165) is 11.0 Å². The van der Waals surface area contributed by atoms with Crippen LogP contribution in [-0.4, -0.2) is 54.9 Å². The number of anilines is 1. The Morgan fingerprint density at radius 3 is 2.30 bits per heavy atom. The molecule has 1 unspecified atom stereocenters. The van der Waals surface area contributed by atoms with Crippen molar-refractivity contribution in [2.24, 2.45) is 5.73 Å². The standard InChI is InChI=1S/C29H26FN3O7/c1-39-26(36)20-11-7-12-21(17-20)32(28(31)38)18-24(34)40-27(37)29(22-13-5-6-14-23(22)30)15-8-16-33(29)25(35)19-9-3-2-4-10-19/h2-7,9-14,17H,8,15-16,18H2,1H3,(H2,31,38). The second-order valence-corrected chi connectivity index (χ2v) is 8.99. The van der Waals surface area contributed by atoms with E-state index >= 15 is 4.39 Å². The molecule has 3 aromatic carbocycles. The Morgan fingerprint density at radius 2 is 1.62 bits per heavy atom. The highest BCUT2D eigenvalue weighted by Crippen LogP contribution is 2.42. The summed E-state index contributed by atoms with van der Waals surface area (Å²) in [6.07, 6.45) is 0.337. The number of carbonyl (C=O) groups is 5. The number of primary amides is 1. The maximum atomic E-state index is 15.2. The fraction of sp³-hybridized carbons (Fsp3) is 0.207. The zero-order valence-electron chi connectivity index (χ0n) is 21.5. The summed E-state index contributed by atoms with van der Waals surface area (Å²) in [4.78, 5) is 66.4. The molecule has 4 rings (SSSR count). The average molecular weight is 548 g/mol. The lowest BCUT2D eigenvalue weighted by atomic mass is 9.86. The fourth-order valence-electron chi connectivity index (χ4n) is 4.79. The maximum Gasteiger partial charge on any atom is 0.344 e. The molecule has 0 radical (unpaired) electrons. The average Bonchev–Trinajstić information content (AvgIpc) is 3.41. The van der Waals surface area contributed by atoms with Gasteiger partial charge in [0.1, 0.15) is 12.4 Å². The van der Waals surface area contributed by atoms with E-state index in [4.69, 9.17) is 10.5 Å². The SMILES string of the molecule is COC(=O)c1cccc(N(CC(=O)OC(=O)C2(c3ccccc3F)CCCN2C(=O)c2ccccc2)C(N)=O)c1. The third-order valence-electron chi connectivity index (χ3n) is 6.64. The van der Waals surface area contributed by atoms with E-state index in [2.05, 4.69) is 4.74 Å². The number of rotatable bonds is 7. The van der Waals surface area contributed by atoms with E-state index in [9.17, 15) is 24.0 Å². The number of amides is 3. The Hall–Kier alpha value is -5.06. The van der Waals surface area contributed by atoms with E-state index in [1.54, 1.807) is 30.3 Å². The molecule has 0 bridgehead atoms. The topological polar surface area (TPSA) is 136 Å². The number of hydrogen-bond donors (Lipinski definition) is 1. The number of ether oxygens (including phenoxy) is 2. The molecule has 1 saturated heterocycles. The maximum absolute atomic E-state index is 15.2. The van der Waals surface area contributed by atoms with Crippen LogP contribution in [0.15, 0.2) is 78.9 Å².